The number of nitrogens with one attached hydrogen (secondary N) is 1. The average molecular weight is 251 g/mol. The van der Waals surface area contributed by atoms with E-state index in [1.54, 1.807) is 0 Å². The second kappa shape index (κ2) is 4.70. The van der Waals surface area contributed by atoms with E-state index in [2.05, 4.69) is 10.5 Å². The molecule has 8 heteroatoms. The number of benzene rings is 1. The Morgan fingerprint density at radius 3 is 2.78 bits per heavy atom. The van der Waals surface area contributed by atoms with Crippen LogP contribution in [0, 0.1) is 10.1 Å². The van der Waals surface area contributed by atoms with Crippen molar-refractivity contribution in [1.82, 2.24) is 5.43 Å². The van der Waals surface area contributed by atoms with Crippen LogP contribution in [0.2, 0.25) is 0 Å². The molecule has 0 radical (unpaired) electrons. The number of nitro benzene ring substituents is 1. The summed E-state index contributed by atoms with van der Waals surface area (Å²) in [5, 5.41) is 14.5. The lowest BCUT2D eigenvalue weighted by Crippen LogP contribution is -2.12. The van der Waals surface area contributed by atoms with Gasteiger partial charge in [-0.3, -0.25) is 14.9 Å². The third-order valence-electron chi connectivity index (χ3n) is 2.14. The molecule has 0 fully saturated rings. The molecule has 1 aliphatic rings. The van der Waals surface area contributed by atoms with Gasteiger partial charge in [-0.1, -0.05) is 0 Å². The summed E-state index contributed by atoms with van der Waals surface area (Å²) < 4.78 is 10.2. The molecule has 1 aromatic carbocycles. The van der Waals surface area contributed by atoms with Crippen LogP contribution in [-0.4, -0.2) is 23.8 Å². The number of hydrogen-bond acceptors (Lipinski definition) is 6. The molecule has 0 unspecified atom stereocenters. The minimum atomic E-state index is -0.558. The first-order valence-electron chi connectivity index (χ1n) is 4.95. The summed E-state index contributed by atoms with van der Waals surface area (Å²) in [5.41, 5.74) is 2.21. The van der Waals surface area contributed by atoms with Gasteiger partial charge in [0.15, 0.2) is 11.5 Å². The van der Waals surface area contributed by atoms with Crippen molar-refractivity contribution in [3.8, 4) is 11.5 Å². The number of rotatable bonds is 3. The largest absolute Gasteiger partial charge is 0.454 e. The number of fused-ring (bicyclic) bond motifs is 1. The molecule has 0 aliphatic carbocycles. The minimum Gasteiger partial charge on any atom is -0.454 e. The zero-order chi connectivity index (χ0) is 13.1. The average Bonchev–Trinajstić information content (AvgIpc) is 2.74. The number of amides is 1. The number of carbonyl (C=O) groups excluding carboxylic acids is 1. The molecule has 0 atom stereocenters. The molecule has 1 aliphatic heterocycles. The van der Waals surface area contributed by atoms with Gasteiger partial charge in [-0.25, -0.2) is 5.43 Å². The SMILES string of the molecule is CC(=O)N/N=C/c1cc2c(cc1[N+](=O)[O-])OCO2. The summed E-state index contributed by atoms with van der Waals surface area (Å²) in [6, 6.07) is 2.70. The summed E-state index contributed by atoms with van der Waals surface area (Å²) in [6.07, 6.45) is 1.18. The summed E-state index contributed by atoms with van der Waals surface area (Å²) in [7, 11) is 0. The van der Waals surface area contributed by atoms with Gasteiger partial charge in [0.2, 0.25) is 12.7 Å². The van der Waals surface area contributed by atoms with E-state index in [0.717, 1.165) is 0 Å². The van der Waals surface area contributed by atoms with Crippen LogP contribution >= 0.6 is 0 Å². The fourth-order valence-corrected chi connectivity index (χ4v) is 1.40. The van der Waals surface area contributed by atoms with Crippen LogP contribution in [0.3, 0.4) is 0 Å². The molecular formula is C10H9N3O5. The predicted molar refractivity (Wildman–Crippen MR) is 60.6 cm³/mol. The van der Waals surface area contributed by atoms with Gasteiger partial charge in [0, 0.05) is 6.92 Å². The molecule has 0 spiro atoms. The molecule has 1 aromatic rings. The topological polar surface area (TPSA) is 103 Å². The Kier molecular flexibility index (Phi) is 3.09. The van der Waals surface area contributed by atoms with Gasteiger partial charge in [0.1, 0.15) is 0 Å². The molecule has 0 aromatic heterocycles. The number of hydrogen-bond donors (Lipinski definition) is 1. The number of nitrogens with zero attached hydrogens (tertiary/aromatic N) is 2. The molecule has 1 heterocycles. The molecule has 8 nitrogen and oxygen atoms in total. The smallest absolute Gasteiger partial charge is 0.282 e. The van der Waals surface area contributed by atoms with Gasteiger partial charge >= 0.3 is 0 Å². The highest BCUT2D eigenvalue weighted by molar-refractivity contribution is 5.88. The first-order valence-corrected chi connectivity index (χ1v) is 4.95. The summed E-state index contributed by atoms with van der Waals surface area (Å²) in [5.74, 6) is 0.359. The van der Waals surface area contributed by atoms with E-state index < -0.39 is 4.92 Å². The molecular weight excluding hydrogens is 242 g/mol. The number of nitro groups is 1. The van der Waals surface area contributed by atoms with Crippen LogP contribution < -0.4 is 14.9 Å². The third kappa shape index (κ3) is 2.37. The molecule has 1 amide bonds. The monoisotopic (exact) mass is 251 g/mol. The second-order valence-corrected chi connectivity index (χ2v) is 3.45. The molecule has 0 saturated heterocycles. The van der Waals surface area contributed by atoms with Gasteiger partial charge in [-0.05, 0) is 6.07 Å². The number of ether oxygens (including phenoxy) is 2. The maximum absolute atomic E-state index is 10.9. The van der Waals surface area contributed by atoms with Crippen molar-refractivity contribution >= 4 is 17.8 Å². The second-order valence-electron chi connectivity index (χ2n) is 3.45. The fourth-order valence-electron chi connectivity index (χ4n) is 1.40. The van der Waals surface area contributed by atoms with Gasteiger partial charge < -0.3 is 9.47 Å². The number of hydrazone groups is 1. The number of carbonyl (C=O) groups is 1. The van der Waals surface area contributed by atoms with Crippen molar-refractivity contribution in [3.05, 3.63) is 27.8 Å². The highest BCUT2D eigenvalue weighted by Crippen LogP contribution is 2.37. The standard InChI is InChI=1S/C10H9N3O5/c1-6(14)12-11-4-7-2-9-10(18-5-17-9)3-8(7)13(15)16/h2-4H,5H2,1H3,(H,12,14)/b11-4+. The molecule has 18 heavy (non-hydrogen) atoms. The van der Waals surface area contributed by atoms with Gasteiger partial charge in [0.25, 0.3) is 5.69 Å². The van der Waals surface area contributed by atoms with Crippen molar-refractivity contribution in [2.45, 2.75) is 6.92 Å². The molecule has 1 N–H and O–H groups in total. The lowest BCUT2D eigenvalue weighted by Gasteiger charge is -2.00. The van der Waals surface area contributed by atoms with Crippen molar-refractivity contribution < 1.29 is 19.2 Å². The Balaban J connectivity index is 2.35. The summed E-state index contributed by atoms with van der Waals surface area (Å²) in [4.78, 5) is 21.0. The molecule has 94 valence electrons. The van der Waals surface area contributed by atoms with Crippen molar-refractivity contribution in [1.29, 1.82) is 0 Å². The van der Waals surface area contributed by atoms with E-state index in [4.69, 9.17) is 9.47 Å². The maximum atomic E-state index is 10.9. The zero-order valence-electron chi connectivity index (χ0n) is 9.37. The van der Waals surface area contributed by atoms with E-state index in [-0.39, 0.29) is 24.0 Å². The van der Waals surface area contributed by atoms with E-state index >= 15 is 0 Å². The van der Waals surface area contributed by atoms with E-state index in [9.17, 15) is 14.9 Å². The summed E-state index contributed by atoms with van der Waals surface area (Å²) in [6.45, 7) is 1.31. The van der Waals surface area contributed by atoms with Crippen LogP contribution in [0.5, 0.6) is 11.5 Å². The van der Waals surface area contributed by atoms with Gasteiger partial charge in [-0.15, -0.1) is 0 Å². The maximum Gasteiger partial charge on any atom is 0.282 e. The Hall–Kier alpha value is -2.64. The normalized spacial score (nSPS) is 12.7. The minimum absolute atomic E-state index is 0.0266. The van der Waals surface area contributed by atoms with Gasteiger partial charge in [0.05, 0.1) is 22.8 Å². The van der Waals surface area contributed by atoms with Crippen molar-refractivity contribution in [2.24, 2.45) is 5.10 Å². The van der Waals surface area contributed by atoms with Crippen LogP contribution in [-0.2, 0) is 4.79 Å². The zero-order valence-corrected chi connectivity index (χ0v) is 9.37. The molecule has 2 rings (SSSR count). The van der Waals surface area contributed by atoms with Gasteiger partial charge in [-0.2, -0.15) is 5.10 Å². The van der Waals surface area contributed by atoms with Crippen molar-refractivity contribution in [3.63, 3.8) is 0 Å². The molecule has 0 saturated carbocycles. The third-order valence-corrected chi connectivity index (χ3v) is 2.14. The Morgan fingerprint density at radius 2 is 2.17 bits per heavy atom. The first-order chi connectivity index (χ1) is 8.58. The van der Waals surface area contributed by atoms with Crippen LogP contribution in [0.15, 0.2) is 17.2 Å². The van der Waals surface area contributed by atoms with Crippen LogP contribution in [0.4, 0.5) is 5.69 Å². The highest BCUT2D eigenvalue weighted by Gasteiger charge is 2.22. The fraction of sp³-hybridized carbons (Fsp3) is 0.200. The quantitative estimate of drug-likeness (QED) is 0.486. The molecule has 0 bridgehead atoms. The van der Waals surface area contributed by atoms with Crippen LogP contribution in [0.1, 0.15) is 12.5 Å². The lowest BCUT2D eigenvalue weighted by atomic mass is 10.1. The highest BCUT2D eigenvalue weighted by atomic mass is 16.7. The van der Waals surface area contributed by atoms with Crippen LogP contribution in [0.25, 0.3) is 0 Å². The van der Waals surface area contributed by atoms with Crippen molar-refractivity contribution in [2.75, 3.05) is 6.79 Å². The Bertz CT molecular complexity index is 541. The van der Waals surface area contributed by atoms with E-state index in [1.165, 1.54) is 25.3 Å². The Morgan fingerprint density at radius 1 is 1.50 bits per heavy atom. The predicted octanol–water partition coefficient (Wildman–Crippen LogP) is 0.793. The summed E-state index contributed by atoms with van der Waals surface area (Å²) >= 11 is 0. The lowest BCUT2D eigenvalue weighted by molar-refractivity contribution is -0.385. The van der Waals surface area contributed by atoms with E-state index in [1.807, 2.05) is 0 Å². The Labute approximate surface area is 101 Å². The van der Waals surface area contributed by atoms with E-state index in [0.29, 0.717) is 11.5 Å². The first kappa shape index (κ1) is 11.8.